The van der Waals surface area contributed by atoms with Crippen molar-refractivity contribution in [2.45, 2.75) is 33.1 Å². The van der Waals surface area contributed by atoms with Crippen LogP contribution in [-0.2, 0) is 11.2 Å². The fraction of sp³-hybridized carbons (Fsp3) is 0.464. The topological polar surface area (TPSA) is 48.0 Å². The van der Waals surface area contributed by atoms with Crippen LogP contribution >= 0.6 is 0 Å². The van der Waals surface area contributed by atoms with Gasteiger partial charge in [0.15, 0.2) is 18.1 Å². The first-order valence-electron chi connectivity index (χ1n) is 11.8. The van der Waals surface area contributed by atoms with E-state index in [9.17, 15) is 4.79 Å². The Kier molecular flexibility index (Phi) is 6.96. The van der Waals surface area contributed by atoms with Gasteiger partial charge in [-0.2, -0.15) is 0 Å². The maximum atomic E-state index is 13.2. The van der Waals surface area contributed by atoms with E-state index in [2.05, 4.69) is 19.9 Å². The second-order valence-corrected chi connectivity index (χ2v) is 9.68. The molecule has 0 radical (unpaired) electrons. The number of methoxy groups -OCH3 is 2. The molecule has 0 heterocycles. The Morgan fingerprint density at radius 2 is 1.82 bits per heavy atom. The number of nitrogens with zero attached hydrogens (tertiary/aromatic N) is 1. The summed E-state index contributed by atoms with van der Waals surface area (Å²) in [5, 5.41) is 0. The van der Waals surface area contributed by atoms with Gasteiger partial charge in [-0.15, -0.1) is 0 Å². The molecule has 1 fully saturated rings. The molecule has 0 N–H and O–H groups in total. The lowest BCUT2D eigenvalue weighted by atomic mass is 9.49. The van der Waals surface area contributed by atoms with E-state index in [-0.39, 0.29) is 12.5 Å². The molecular formula is C28H35NO4. The average Bonchev–Trinajstić information content (AvgIpc) is 2.85. The van der Waals surface area contributed by atoms with Gasteiger partial charge in [0.05, 0.1) is 14.2 Å². The summed E-state index contributed by atoms with van der Waals surface area (Å²) in [6.45, 7) is 6.08. The molecule has 2 unspecified atom stereocenters. The first-order chi connectivity index (χ1) is 15.9. The molecule has 5 nitrogen and oxygen atoms in total. The number of carbonyl (C=O) groups excluding carboxylic acids is 1. The number of para-hydroxylation sites is 1. The lowest BCUT2D eigenvalue weighted by Crippen LogP contribution is -2.50. The van der Waals surface area contributed by atoms with Crippen molar-refractivity contribution in [2.24, 2.45) is 17.3 Å². The summed E-state index contributed by atoms with van der Waals surface area (Å²) in [4.78, 5) is 15.2. The lowest BCUT2D eigenvalue weighted by Gasteiger charge is -2.57. The first-order valence-corrected chi connectivity index (χ1v) is 11.8. The van der Waals surface area contributed by atoms with Crippen LogP contribution in [0.15, 0.2) is 60.2 Å². The van der Waals surface area contributed by atoms with Gasteiger partial charge in [0, 0.05) is 13.1 Å². The van der Waals surface area contributed by atoms with Gasteiger partial charge >= 0.3 is 0 Å². The molecule has 0 spiro atoms. The van der Waals surface area contributed by atoms with Crippen LogP contribution in [-0.4, -0.2) is 44.7 Å². The van der Waals surface area contributed by atoms with Gasteiger partial charge in [-0.25, -0.2) is 0 Å². The fourth-order valence-corrected chi connectivity index (χ4v) is 5.22. The van der Waals surface area contributed by atoms with Crippen LogP contribution in [0.3, 0.4) is 0 Å². The van der Waals surface area contributed by atoms with E-state index in [1.165, 1.54) is 12.0 Å². The Hall–Kier alpha value is -2.95. The Labute approximate surface area is 197 Å². The summed E-state index contributed by atoms with van der Waals surface area (Å²) < 4.78 is 16.6. The highest BCUT2D eigenvalue weighted by Gasteiger charge is 2.51. The zero-order valence-corrected chi connectivity index (χ0v) is 20.2. The number of hydrogen-bond acceptors (Lipinski definition) is 4. The summed E-state index contributed by atoms with van der Waals surface area (Å²) in [5.41, 5.74) is 2.85. The molecule has 176 valence electrons. The van der Waals surface area contributed by atoms with Crippen molar-refractivity contribution in [3.05, 3.63) is 65.7 Å². The van der Waals surface area contributed by atoms with Crippen molar-refractivity contribution in [3.8, 4) is 17.2 Å². The highest BCUT2D eigenvalue weighted by atomic mass is 16.5. The van der Waals surface area contributed by atoms with Gasteiger partial charge in [0.25, 0.3) is 5.91 Å². The van der Waals surface area contributed by atoms with Crippen molar-refractivity contribution >= 4 is 5.91 Å². The first kappa shape index (κ1) is 23.2. The second kappa shape index (κ2) is 9.90. The molecule has 2 bridgehead atoms. The van der Waals surface area contributed by atoms with Crippen molar-refractivity contribution in [1.82, 2.24) is 4.90 Å². The molecule has 3 aliphatic carbocycles. The number of rotatable bonds is 10. The maximum Gasteiger partial charge on any atom is 0.260 e. The Morgan fingerprint density at radius 1 is 1.06 bits per heavy atom. The maximum absolute atomic E-state index is 13.2. The fourth-order valence-electron chi connectivity index (χ4n) is 5.22. The minimum absolute atomic E-state index is 0.0134. The van der Waals surface area contributed by atoms with E-state index >= 15 is 0 Å². The number of ether oxygens (including phenoxy) is 3. The third-order valence-corrected chi connectivity index (χ3v) is 7.53. The van der Waals surface area contributed by atoms with E-state index in [4.69, 9.17) is 14.2 Å². The molecule has 3 aliphatic rings. The second-order valence-electron chi connectivity index (χ2n) is 9.68. The third kappa shape index (κ3) is 5.02. The van der Waals surface area contributed by atoms with Crippen molar-refractivity contribution in [2.75, 3.05) is 33.9 Å². The SMILES string of the molecule is COc1ccc(CCN(CC2=CCC3CC2C3(C)C)C(=O)COc2ccccc2)cc1OC. The zero-order chi connectivity index (χ0) is 23.4. The molecule has 0 aromatic heterocycles. The Balaban J connectivity index is 1.46. The van der Waals surface area contributed by atoms with Crippen LogP contribution in [0, 0.1) is 17.3 Å². The standard InChI is InChI=1S/C28H35NO4/c1-28(2)22-12-11-21(24(28)17-22)18-29(27(30)19-33-23-8-6-5-7-9-23)15-14-20-10-13-25(31-3)26(16-20)32-4/h5-11,13,16,22,24H,12,14-15,17-19H2,1-4H3. The lowest BCUT2D eigenvalue weighted by molar-refractivity contribution is -0.133. The van der Waals surface area contributed by atoms with Crippen LogP contribution in [0.25, 0.3) is 0 Å². The van der Waals surface area contributed by atoms with Gasteiger partial charge < -0.3 is 19.1 Å². The molecular weight excluding hydrogens is 414 g/mol. The van der Waals surface area contributed by atoms with E-state index in [1.54, 1.807) is 14.2 Å². The molecule has 33 heavy (non-hydrogen) atoms. The van der Waals surface area contributed by atoms with E-state index in [0.29, 0.717) is 41.7 Å². The quantitative estimate of drug-likeness (QED) is 0.471. The normalized spacial score (nSPS) is 20.3. The zero-order valence-electron chi connectivity index (χ0n) is 20.2. The van der Waals surface area contributed by atoms with E-state index in [1.807, 2.05) is 53.4 Å². The van der Waals surface area contributed by atoms with Crippen LogP contribution in [0.2, 0.25) is 0 Å². The molecule has 1 saturated carbocycles. The average molecular weight is 450 g/mol. The van der Waals surface area contributed by atoms with Crippen LogP contribution in [0.5, 0.6) is 17.2 Å². The van der Waals surface area contributed by atoms with Crippen molar-refractivity contribution < 1.29 is 19.0 Å². The van der Waals surface area contributed by atoms with Crippen LogP contribution in [0.1, 0.15) is 32.3 Å². The summed E-state index contributed by atoms with van der Waals surface area (Å²) >= 11 is 0. The van der Waals surface area contributed by atoms with E-state index < -0.39 is 0 Å². The van der Waals surface area contributed by atoms with Crippen LogP contribution < -0.4 is 14.2 Å². The van der Waals surface area contributed by atoms with Crippen molar-refractivity contribution in [3.63, 3.8) is 0 Å². The molecule has 2 atom stereocenters. The molecule has 2 aromatic rings. The predicted octanol–water partition coefficient (Wildman–Crippen LogP) is 5.15. The molecule has 0 saturated heterocycles. The van der Waals surface area contributed by atoms with Crippen molar-refractivity contribution in [1.29, 1.82) is 0 Å². The summed E-state index contributed by atoms with van der Waals surface area (Å²) in [5.74, 6) is 3.49. The van der Waals surface area contributed by atoms with Gasteiger partial charge in [0.1, 0.15) is 5.75 Å². The van der Waals surface area contributed by atoms with Gasteiger partial charge in [-0.3, -0.25) is 4.79 Å². The number of fused-ring (bicyclic) bond motifs is 1. The summed E-state index contributed by atoms with van der Waals surface area (Å²) in [7, 11) is 3.27. The van der Waals surface area contributed by atoms with Gasteiger partial charge in [-0.1, -0.05) is 49.8 Å². The minimum Gasteiger partial charge on any atom is -0.493 e. The summed E-state index contributed by atoms with van der Waals surface area (Å²) in [6.07, 6.45) is 5.48. The van der Waals surface area contributed by atoms with Gasteiger partial charge in [-0.05, 0) is 66.3 Å². The number of amides is 1. The summed E-state index contributed by atoms with van der Waals surface area (Å²) in [6, 6.07) is 15.5. The highest BCUT2D eigenvalue weighted by molar-refractivity contribution is 5.78. The smallest absolute Gasteiger partial charge is 0.260 e. The number of carbonyl (C=O) groups is 1. The number of allylic oxidation sites excluding steroid dienone is 1. The monoisotopic (exact) mass is 449 g/mol. The minimum atomic E-state index is 0.0134. The highest BCUT2D eigenvalue weighted by Crippen LogP contribution is 2.59. The molecule has 5 heteroatoms. The Bertz CT molecular complexity index is 998. The van der Waals surface area contributed by atoms with Crippen LogP contribution in [0.4, 0.5) is 0 Å². The molecule has 2 aromatic carbocycles. The largest absolute Gasteiger partial charge is 0.493 e. The molecule has 5 rings (SSSR count). The number of hydrogen-bond donors (Lipinski definition) is 0. The van der Waals surface area contributed by atoms with Gasteiger partial charge in [0.2, 0.25) is 0 Å². The number of benzene rings is 2. The predicted molar refractivity (Wildman–Crippen MR) is 130 cm³/mol. The Morgan fingerprint density at radius 3 is 2.48 bits per heavy atom. The molecule has 0 aliphatic heterocycles. The van der Waals surface area contributed by atoms with E-state index in [0.717, 1.165) is 24.3 Å². The third-order valence-electron chi connectivity index (χ3n) is 7.53. The molecule has 1 amide bonds.